The zero-order valence-corrected chi connectivity index (χ0v) is 18.2. The van der Waals surface area contributed by atoms with Crippen molar-refractivity contribution in [2.45, 2.75) is 58.7 Å². The zero-order chi connectivity index (χ0) is 20.6. The van der Waals surface area contributed by atoms with Gasteiger partial charge in [0.2, 0.25) is 0 Å². The molecule has 2 aliphatic rings. The number of hydrogen-bond acceptors (Lipinski definition) is 4. The van der Waals surface area contributed by atoms with Crippen LogP contribution in [0.15, 0.2) is 30.3 Å². The van der Waals surface area contributed by atoms with Crippen LogP contribution in [0.3, 0.4) is 0 Å². The van der Waals surface area contributed by atoms with E-state index in [1.807, 2.05) is 0 Å². The average Bonchev–Trinajstić information content (AvgIpc) is 3.57. The Balaban J connectivity index is 1.53. The highest BCUT2D eigenvalue weighted by atomic mass is 16.6. The summed E-state index contributed by atoms with van der Waals surface area (Å²) in [5, 5.41) is 0. The van der Waals surface area contributed by atoms with Gasteiger partial charge in [-0.3, -0.25) is 0 Å². The highest BCUT2D eigenvalue weighted by Crippen LogP contribution is 2.36. The summed E-state index contributed by atoms with van der Waals surface area (Å²) in [5.41, 5.74) is 6.19. The summed E-state index contributed by atoms with van der Waals surface area (Å²) < 4.78 is 22.6. The Kier molecular flexibility index (Phi) is 5.58. The Morgan fingerprint density at radius 2 is 1.52 bits per heavy atom. The molecular formula is C25H32O4. The summed E-state index contributed by atoms with van der Waals surface area (Å²) in [6, 6.07) is 11.0. The number of epoxide rings is 2. The lowest BCUT2D eigenvalue weighted by atomic mass is 9.76. The second kappa shape index (κ2) is 8.00. The molecule has 0 radical (unpaired) electrons. The summed E-state index contributed by atoms with van der Waals surface area (Å²) in [6.07, 6.45) is 1.46. The Hall–Kier alpha value is -2.04. The normalized spacial score (nSPS) is 20.4. The van der Waals surface area contributed by atoms with Crippen molar-refractivity contribution in [2.24, 2.45) is 0 Å². The Morgan fingerprint density at radius 3 is 2.14 bits per heavy atom. The van der Waals surface area contributed by atoms with Crippen LogP contribution in [-0.2, 0) is 21.3 Å². The van der Waals surface area contributed by atoms with Crippen LogP contribution < -0.4 is 9.47 Å². The van der Waals surface area contributed by atoms with Gasteiger partial charge in [0, 0.05) is 0 Å². The van der Waals surface area contributed by atoms with E-state index >= 15 is 0 Å². The second-order valence-electron chi connectivity index (χ2n) is 9.13. The third-order valence-corrected chi connectivity index (χ3v) is 5.79. The standard InChI is InChI=1S/C25H32O4/c1-16-8-22(18(3)24(9-16)29-15-21-13-27-21)25(4,5)11-19-7-6-17(2)23(10-19)28-14-20-12-26-20/h6-10,20-21H,11-15H2,1-5H3. The van der Waals surface area contributed by atoms with E-state index in [0.717, 1.165) is 36.7 Å². The fourth-order valence-corrected chi connectivity index (χ4v) is 3.89. The molecule has 29 heavy (non-hydrogen) atoms. The van der Waals surface area contributed by atoms with Crippen molar-refractivity contribution in [1.82, 2.24) is 0 Å². The SMILES string of the molecule is Cc1cc(OCC2CO2)c(C)c(C(C)(C)Cc2ccc(C)c(OCC3CO3)c2)c1. The molecule has 2 aromatic rings. The molecule has 0 aromatic heterocycles. The van der Waals surface area contributed by atoms with Crippen molar-refractivity contribution in [3.63, 3.8) is 0 Å². The van der Waals surface area contributed by atoms with Gasteiger partial charge in [-0.1, -0.05) is 32.0 Å². The van der Waals surface area contributed by atoms with Gasteiger partial charge in [-0.2, -0.15) is 0 Å². The van der Waals surface area contributed by atoms with Gasteiger partial charge in [-0.15, -0.1) is 0 Å². The van der Waals surface area contributed by atoms with E-state index in [0.29, 0.717) is 13.2 Å². The zero-order valence-electron chi connectivity index (χ0n) is 18.2. The molecule has 0 amide bonds. The van der Waals surface area contributed by atoms with Gasteiger partial charge in [0.25, 0.3) is 0 Å². The molecule has 2 heterocycles. The molecule has 2 unspecified atom stereocenters. The van der Waals surface area contributed by atoms with E-state index in [-0.39, 0.29) is 17.6 Å². The molecule has 2 fully saturated rings. The topological polar surface area (TPSA) is 43.5 Å². The molecule has 156 valence electrons. The number of ether oxygens (including phenoxy) is 4. The molecular weight excluding hydrogens is 364 g/mol. The summed E-state index contributed by atoms with van der Waals surface area (Å²) >= 11 is 0. The molecule has 4 heteroatoms. The Morgan fingerprint density at radius 1 is 0.897 bits per heavy atom. The van der Waals surface area contributed by atoms with Crippen LogP contribution in [0.2, 0.25) is 0 Å². The smallest absolute Gasteiger partial charge is 0.122 e. The van der Waals surface area contributed by atoms with Crippen LogP contribution in [0, 0.1) is 20.8 Å². The van der Waals surface area contributed by atoms with Crippen molar-refractivity contribution in [3.8, 4) is 11.5 Å². The number of benzene rings is 2. The minimum Gasteiger partial charge on any atom is -0.491 e. The maximum atomic E-state index is 6.07. The minimum absolute atomic E-state index is 0.0313. The summed E-state index contributed by atoms with van der Waals surface area (Å²) in [5.74, 6) is 1.93. The van der Waals surface area contributed by atoms with Gasteiger partial charge in [-0.05, 0) is 72.6 Å². The van der Waals surface area contributed by atoms with Crippen LogP contribution in [0.5, 0.6) is 11.5 Å². The van der Waals surface area contributed by atoms with E-state index in [1.165, 1.54) is 22.3 Å². The van der Waals surface area contributed by atoms with Crippen molar-refractivity contribution in [2.75, 3.05) is 26.4 Å². The predicted octanol–water partition coefficient (Wildman–Crippen LogP) is 4.69. The molecule has 0 N–H and O–H groups in total. The largest absolute Gasteiger partial charge is 0.491 e. The van der Waals surface area contributed by atoms with Crippen LogP contribution in [0.25, 0.3) is 0 Å². The molecule has 4 rings (SSSR count). The van der Waals surface area contributed by atoms with Gasteiger partial charge in [0.05, 0.1) is 13.2 Å². The first-order valence-corrected chi connectivity index (χ1v) is 10.5. The van der Waals surface area contributed by atoms with Crippen LogP contribution in [-0.4, -0.2) is 38.6 Å². The fourth-order valence-electron chi connectivity index (χ4n) is 3.89. The quantitative estimate of drug-likeness (QED) is 0.577. The number of hydrogen-bond donors (Lipinski definition) is 0. The first kappa shape index (κ1) is 20.2. The van der Waals surface area contributed by atoms with Crippen molar-refractivity contribution in [1.29, 1.82) is 0 Å². The predicted molar refractivity (Wildman–Crippen MR) is 114 cm³/mol. The van der Waals surface area contributed by atoms with Crippen LogP contribution in [0.4, 0.5) is 0 Å². The number of aryl methyl sites for hydroxylation is 2. The molecule has 2 saturated heterocycles. The van der Waals surface area contributed by atoms with E-state index in [2.05, 4.69) is 65.0 Å². The van der Waals surface area contributed by atoms with Crippen LogP contribution in [0.1, 0.15) is 41.7 Å². The van der Waals surface area contributed by atoms with Gasteiger partial charge >= 0.3 is 0 Å². The second-order valence-corrected chi connectivity index (χ2v) is 9.13. The van der Waals surface area contributed by atoms with Gasteiger partial charge in [0.1, 0.15) is 36.9 Å². The first-order valence-electron chi connectivity index (χ1n) is 10.5. The highest BCUT2D eigenvalue weighted by molar-refractivity contribution is 5.47. The Labute approximate surface area is 174 Å². The molecule has 4 nitrogen and oxygen atoms in total. The summed E-state index contributed by atoms with van der Waals surface area (Å²) in [6.45, 7) is 13.9. The van der Waals surface area contributed by atoms with Crippen molar-refractivity contribution in [3.05, 3.63) is 58.1 Å². The lowest BCUT2D eigenvalue weighted by Crippen LogP contribution is -2.23. The van der Waals surface area contributed by atoms with Gasteiger partial charge in [0.15, 0.2) is 0 Å². The fraction of sp³-hybridized carbons (Fsp3) is 0.520. The monoisotopic (exact) mass is 396 g/mol. The third-order valence-electron chi connectivity index (χ3n) is 5.79. The maximum absolute atomic E-state index is 6.07. The lowest BCUT2D eigenvalue weighted by Gasteiger charge is -2.29. The first-order chi connectivity index (χ1) is 13.8. The molecule has 2 atom stereocenters. The van der Waals surface area contributed by atoms with E-state index in [4.69, 9.17) is 18.9 Å². The molecule has 0 aliphatic carbocycles. The molecule has 2 aromatic carbocycles. The van der Waals surface area contributed by atoms with Crippen LogP contribution >= 0.6 is 0 Å². The lowest BCUT2D eigenvalue weighted by molar-refractivity contribution is 0.261. The van der Waals surface area contributed by atoms with E-state index in [9.17, 15) is 0 Å². The van der Waals surface area contributed by atoms with E-state index in [1.54, 1.807) is 0 Å². The van der Waals surface area contributed by atoms with Crippen molar-refractivity contribution < 1.29 is 18.9 Å². The maximum Gasteiger partial charge on any atom is 0.122 e. The Bertz CT molecular complexity index is 879. The molecule has 0 spiro atoms. The molecule has 0 bridgehead atoms. The highest BCUT2D eigenvalue weighted by Gasteiger charge is 2.28. The molecule has 2 aliphatic heterocycles. The van der Waals surface area contributed by atoms with Crippen molar-refractivity contribution >= 4 is 0 Å². The van der Waals surface area contributed by atoms with Gasteiger partial charge < -0.3 is 18.9 Å². The minimum atomic E-state index is -0.0313. The third kappa shape index (κ3) is 5.12. The van der Waals surface area contributed by atoms with Gasteiger partial charge in [-0.25, -0.2) is 0 Å². The summed E-state index contributed by atoms with van der Waals surface area (Å²) in [7, 11) is 0. The average molecular weight is 397 g/mol. The molecule has 0 saturated carbocycles. The number of rotatable bonds is 9. The summed E-state index contributed by atoms with van der Waals surface area (Å²) in [4.78, 5) is 0. The van der Waals surface area contributed by atoms with E-state index < -0.39 is 0 Å².